The fourth-order valence-corrected chi connectivity index (χ4v) is 2.64. The zero-order valence-electron chi connectivity index (χ0n) is 12.9. The van der Waals surface area contributed by atoms with Crippen LogP contribution in [0.3, 0.4) is 0 Å². The number of hydrogen-bond acceptors (Lipinski definition) is 3. The molecule has 2 N–H and O–H groups in total. The number of rotatable bonds is 4. The van der Waals surface area contributed by atoms with Gasteiger partial charge in [-0.05, 0) is 31.0 Å². The number of likely N-dealkylation sites (tertiary alicyclic amines) is 1. The third-order valence-corrected chi connectivity index (χ3v) is 3.79. The van der Waals surface area contributed by atoms with Crippen molar-refractivity contribution >= 4 is 17.5 Å². The zero-order chi connectivity index (χ0) is 17.9. The molecule has 132 valence electrons. The van der Waals surface area contributed by atoms with Crippen molar-refractivity contribution in [1.29, 1.82) is 0 Å². The van der Waals surface area contributed by atoms with Crippen LogP contribution in [0.4, 0.5) is 23.2 Å². The largest absolute Gasteiger partial charge is 0.416 e. The van der Waals surface area contributed by atoms with E-state index in [9.17, 15) is 27.2 Å². The van der Waals surface area contributed by atoms with E-state index in [-0.39, 0.29) is 18.1 Å². The van der Waals surface area contributed by atoms with Crippen LogP contribution in [0.2, 0.25) is 0 Å². The Balaban J connectivity index is 2.04. The number of halogens is 4. The van der Waals surface area contributed by atoms with Gasteiger partial charge in [-0.15, -0.1) is 0 Å². The lowest BCUT2D eigenvalue weighted by molar-refractivity contribution is -0.137. The highest BCUT2D eigenvalue weighted by Gasteiger charge is 2.34. The van der Waals surface area contributed by atoms with Gasteiger partial charge in [0.2, 0.25) is 11.8 Å². The lowest BCUT2D eigenvalue weighted by Gasteiger charge is -2.23. The molecule has 0 spiro atoms. The molecule has 0 bridgehead atoms. The number of carbonyl (C=O) groups is 2. The second kappa shape index (κ2) is 7.06. The number of amides is 2. The van der Waals surface area contributed by atoms with Crippen molar-refractivity contribution in [2.24, 2.45) is 0 Å². The Hall–Kier alpha value is -2.32. The van der Waals surface area contributed by atoms with Gasteiger partial charge in [0.05, 0.1) is 12.1 Å². The van der Waals surface area contributed by atoms with E-state index < -0.39 is 29.5 Å². The van der Waals surface area contributed by atoms with Crippen LogP contribution >= 0.6 is 0 Å². The molecule has 0 unspecified atom stereocenters. The Labute approximate surface area is 136 Å². The van der Waals surface area contributed by atoms with E-state index in [0.717, 1.165) is 12.1 Å². The molecule has 1 aliphatic heterocycles. The summed E-state index contributed by atoms with van der Waals surface area (Å²) in [5, 5.41) is 4.96. The highest BCUT2D eigenvalue weighted by molar-refractivity contribution is 5.89. The molecule has 0 aromatic heterocycles. The number of likely N-dealkylation sites (N-methyl/N-ethyl adjacent to an activating group) is 1. The summed E-state index contributed by atoms with van der Waals surface area (Å²) in [5.41, 5.74) is -1.28. The first kappa shape index (κ1) is 18.0. The highest BCUT2D eigenvalue weighted by Crippen LogP contribution is 2.31. The molecule has 1 aliphatic rings. The Morgan fingerprint density at radius 1 is 1.29 bits per heavy atom. The monoisotopic (exact) mass is 347 g/mol. The van der Waals surface area contributed by atoms with Gasteiger partial charge in [0.1, 0.15) is 11.9 Å². The molecule has 0 saturated carbocycles. The van der Waals surface area contributed by atoms with Crippen molar-refractivity contribution in [3.63, 3.8) is 0 Å². The molecule has 0 radical (unpaired) electrons. The molecule has 0 aliphatic carbocycles. The standard InChI is InChI=1S/C15H17F4N3O2/c1-20-14(24)12-3-2-4-22(12)13(23)8-21-11-6-9(15(17,18)19)5-10(16)7-11/h5-7,12,21H,2-4,8H2,1H3,(H,20,24)/t12-/m0/s1. The Morgan fingerprint density at radius 2 is 2.00 bits per heavy atom. The van der Waals surface area contributed by atoms with Crippen LogP contribution in [0.5, 0.6) is 0 Å². The number of carbonyl (C=O) groups excluding carboxylic acids is 2. The maximum Gasteiger partial charge on any atom is 0.416 e. The first-order chi connectivity index (χ1) is 11.2. The van der Waals surface area contributed by atoms with Gasteiger partial charge in [-0.3, -0.25) is 9.59 Å². The molecule has 9 heteroatoms. The Kier molecular flexibility index (Phi) is 5.30. The van der Waals surface area contributed by atoms with Crippen molar-refractivity contribution in [3.8, 4) is 0 Å². The number of anilines is 1. The fraction of sp³-hybridized carbons (Fsp3) is 0.467. The SMILES string of the molecule is CNC(=O)[C@@H]1CCCN1C(=O)CNc1cc(F)cc(C(F)(F)F)c1. The number of alkyl halides is 3. The van der Waals surface area contributed by atoms with E-state index in [1.165, 1.54) is 11.9 Å². The summed E-state index contributed by atoms with van der Waals surface area (Å²) >= 11 is 0. The van der Waals surface area contributed by atoms with Crippen LogP contribution < -0.4 is 10.6 Å². The van der Waals surface area contributed by atoms with Crippen LogP contribution in [0.25, 0.3) is 0 Å². The molecule has 1 heterocycles. The molecule has 5 nitrogen and oxygen atoms in total. The molecule has 24 heavy (non-hydrogen) atoms. The van der Waals surface area contributed by atoms with Gasteiger partial charge < -0.3 is 15.5 Å². The fourth-order valence-electron chi connectivity index (χ4n) is 2.64. The first-order valence-electron chi connectivity index (χ1n) is 7.35. The second-order valence-corrected chi connectivity index (χ2v) is 5.44. The molecule has 2 amide bonds. The Morgan fingerprint density at radius 3 is 2.62 bits per heavy atom. The molecule has 1 atom stereocenters. The molecule has 1 aromatic rings. The van der Waals surface area contributed by atoms with Gasteiger partial charge in [-0.1, -0.05) is 0 Å². The number of nitrogens with zero attached hydrogens (tertiary/aromatic N) is 1. The van der Waals surface area contributed by atoms with E-state index in [1.807, 2.05) is 0 Å². The lowest BCUT2D eigenvalue weighted by atomic mass is 10.2. The smallest absolute Gasteiger partial charge is 0.376 e. The maximum atomic E-state index is 13.3. The van der Waals surface area contributed by atoms with Crippen LogP contribution in [0, 0.1) is 5.82 Å². The van der Waals surface area contributed by atoms with Crippen molar-refractivity contribution in [3.05, 3.63) is 29.6 Å². The predicted octanol–water partition coefficient (Wildman–Crippen LogP) is 1.99. The summed E-state index contributed by atoms with van der Waals surface area (Å²) in [6.45, 7) is 0.0732. The van der Waals surface area contributed by atoms with Crippen molar-refractivity contribution in [2.75, 3.05) is 25.5 Å². The summed E-state index contributed by atoms with van der Waals surface area (Å²) in [7, 11) is 1.47. The van der Waals surface area contributed by atoms with Crippen molar-refractivity contribution in [1.82, 2.24) is 10.2 Å². The van der Waals surface area contributed by atoms with Gasteiger partial charge >= 0.3 is 6.18 Å². The van der Waals surface area contributed by atoms with Gasteiger partial charge in [-0.2, -0.15) is 13.2 Å². The van der Waals surface area contributed by atoms with E-state index in [2.05, 4.69) is 10.6 Å². The van der Waals surface area contributed by atoms with E-state index in [0.29, 0.717) is 25.5 Å². The average molecular weight is 347 g/mol. The summed E-state index contributed by atoms with van der Waals surface area (Å²) in [6, 6.07) is 1.41. The highest BCUT2D eigenvalue weighted by atomic mass is 19.4. The first-order valence-corrected chi connectivity index (χ1v) is 7.35. The van der Waals surface area contributed by atoms with Crippen LogP contribution in [-0.4, -0.2) is 42.9 Å². The van der Waals surface area contributed by atoms with Crippen LogP contribution in [0.1, 0.15) is 18.4 Å². The minimum absolute atomic E-state index is 0.147. The topological polar surface area (TPSA) is 61.4 Å². The summed E-state index contributed by atoms with van der Waals surface area (Å²) in [6.07, 6.45) is -3.48. The zero-order valence-corrected chi connectivity index (χ0v) is 12.9. The van der Waals surface area contributed by atoms with Gasteiger partial charge in [0.25, 0.3) is 0 Å². The van der Waals surface area contributed by atoms with E-state index in [4.69, 9.17) is 0 Å². The minimum atomic E-state index is -4.68. The predicted molar refractivity (Wildman–Crippen MR) is 78.7 cm³/mol. The third kappa shape index (κ3) is 4.15. The quantitative estimate of drug-likeness (QED) is 0.819. The van der Waals surface area contributed by atoms with Crippen LogP contribution in [-0.2, 0) is 15.8 Å². The number of benzene rings is 1. The maximum absolute atomic E-state index is 13.3. The third-order valence-electron chi connectivity index (χ3n) is 3.79. The number of hydrogen-bond donors (Lipinski definition) is 2. The van der Waals surface area contributed by atoms with Gasteiger partial charge in [0.15, 0.2) is 0 Å². The molecule has 1 aromatic carbocycles. The van der Waals surface area contributed by atoms with Gasteiger partial charge in [0, 0.05) is 19.3 Å². The molecular formula is C15H17F4N3O2. The second-order valence-electron chi connectivity index (χ2n) is 5.44. The average Bonchev–Trinajstić information content (AvgIpc) is 3.00. The molecule has 2 rings (SSSR count). The molecular weight excluding hydrogens is 330 g/mol. The normalized spacial score (nSPS) is 17.7. The van der Waals surface area contributed by atoms with E-state index >= 15 is 0 Å². The van der Waals surface area contributed by atoms with E-state index in [1.54, 1.807) is 0 Å². The van der Waals surface area contributed by atoms with Gasteiger partial charge in [-0.25, -0.2) is 4.39 Å². The molecule has 1 fully saturated rings. The summed E-state index contributed by atoms with van der Waals surface area (Å²) < 4.78 is 51.3. The molecule has 1 saturated heterocycles. The summed E-state index contributed by atoms with van der Waals surface area (Å²) in [4.78, 5) is 25.3. The Bertz CT molecular complexity index is 634. The number of nitrogens with one attached hydrogen (secondary N) is 2. The lowest BCUT2D eigenvalue weighted by Crippen LogP contribution is -2.46. The summed E-state index contributed by atoms with van der Waals surface area (Å²) in [5.74, 6) is -1.77. The van der Waals surface area contributed by atoms with Crippen molar-refractivity contribution < 1.29 is 27.2 Å². The van der Waals surface area contributed by atoms with Crippen molar-refractivity contribution in [2.45, 2.75) is 25.1 Å². The van der Waals surface area contributed by atoms with Crippen LogP contribution in [0.15, 0.2) is 18.2 Å². The minimum Gasteiger partial charge on any atom is -0.376 e.